The minimum atomic E-state index is -0.0839. The Morgan fingerprint density at radius 2 is 2.21 bits per heavy atom. The Hall–Kier alpha value is -1.42. The topological polar surface area (TPSA) is 54.5 Å². The first-order valence-electron chi connectivity index (χ1n) is 7.19. The van der Waals surface area contributed by atoms with E-state index in [0.717, 1.165) is 24.8 Å². The molecule has 1 N–H and O–H groups in total. The predicted octanol–water partition coefficient (Wildman–Crippen LogP) is 2.91. The molecular formula is C15H20N2O2. The lowest BCUT2D eigenvalue weighted by Crippen LogP contribution is -2.12. The molecule has 3 rings (SSSR count). The minimum Gasteiger partial charge on any atom is -0.375 e. The van der Waals surface area contributed by atoms with E-state index in [0.29, 0.717) is 17.9 Å². The number of H-pyrrole nitrogens is 1. The average Bonchev–Trinajstić information content (AvgIpc) is 3.03. The van der Waals surface area contributed by atoms with Crippen LogP contribution >= 0.6 is 0 Å². The van der Waals surface area contributed by atoms with E-state index in [-0.39, 0.29) is 11.5 Å². The molecule has 102 valence electrons. The van der Waals surface area contributed by atoms with E-state index in [9.17, 15) is 4.79 Å². The Morgan fingerprint density at radius 3 is 3.00 bits per heavy atom. The molecule has 1 unspecified atom stereocenters. The molecule has 4 nitrogen and oxygen atoms in total. The van der Waals surface area contributed by atoms with Crippen LogP contribution in [0.4, 0.5) is 5.69 Å². The first-order chi connectivity index (χ1) is 9.28. The molecule has 1 fully saturated rings. The Bertz CT molecular complexity index is 535. The van der Waals surface area contributed by atoms with Gasteiger partial charge in [-0.15, -0.1) is 0 Å². The number of aliphatic imine (C=N–C) groups is 1. The lowest BCUT2D eigenvalue weighted by Gasteiger charge is -2.14. The quantitative estimate of drug-likeness (QED) is 0.905. The zero-order valence-corrected chi connectivity index (χ0v) is 11.3. The number of hydrogen-bond donors (Lipinski definition) is 1. The SMILES string of the molecule is CC[C@@H]1CC[C@H](CCC2C=Nc3c2cc[nH]c3=O)O1. The second-order valence-electron chi connectivity index (χ2n) is 5.44. The van der Waals surface area contributed by atoms with Crippen LogP contribution in [0.2, 0.25) is 0 Å². The van der Waals surface area contributed by atoms with Gasteiger partial charge in [0.2, 0.25) is 0 Å². The van der Waals surface area contributed by atoms with E-state index in [4.69, 9.17) is 4.74 Å². The number of aromatic amines is 1. The highest BCUT2D eigenvalue weighted by Gasteiger charge is 2.26. The summed E-state index contributed by atoms with van der Waals surface area (Å²) in [5.74, 6) is 0.279. The number of aromatic nitrogens is 1. The van der Waals surface area contributed by atoms with Gasteiger partial charge in [0.25, 0.3) is 5.56 Å². The summed E-state index contributed by atoms with van der Waals surface area (Å²) in [6, 6.07) is 1.97. The molecule has 1 saturated heterocycles. The fraction of sp³-hybridized carbons (Fsp3) is 0.600. The second-order valence-corrected chi connectivity index (χ2v) is 5.44. The van der Waals surface area contributed by atoms with Crippen molar-refractivity contribution in [3.8, 4) is 0 Å². The number of nitrogens with zero attached hydrogens (tertiary/aromatic N) is 1. The van der Waals surface area contributed by atoms with E-state index >= 15 is 0 Å². The summed E-state index contributed by atoms with van der Waals surface area (Å²) in [4.78, 5) is 18.5. The van der Waals surface area contributed by atoms with Crippen molar-refractivity contribution in [2.24, 2.45) is 4.99 Å². The summed E-state index contributed by atoms with van der Waals surface area (Å²) in [7, 11) is 0. The Balaban J connectivity index is 1.60. The van der Waals surface area contributed by atoms with Crippen molar-refractivity contribution in [1.82, 2.24) is 4.98 Å². The number of nitrogens with one attached hydrogen (secondary N) is 1. The van der Waals surface area contributed by atoms with Crippen LogP contribution in [0.5, 0.6) is 0 Å². The number of ether oxygens (including phenoxy) is 1. The smallest absolute Gasteiger partial charge is 0.274 e. The highest BCUT2D eigenvalue weighted by Crippen LogP contribution is 2.34. The molecule has 19 heavy (non-hydrogen) atoms. The fourth-order valence-electron chi connectivity index (χ4n) is 3.05. The average molecular weight is 260 g/mol. The van der Waals surface area contributed by atoms with Crippen molar-refractivity contribution < 1.29 is 4.74 Å². The van der Waals surface area contributed by atoms with Gasteiger partial charge in [0.15, 0.2) is 0 Å². The number of hydrogen-bond acceptors (Lipinski definition) is 3. The predicted molar refractivity (Wildman–Crippen MR) is 75.4 cm³/mol. The van der Waals surface area contributed by atoms with Crippen molar-refractivity contribution in [1.29, 1.82) is 0 Å². The van der Waals surface area contributed by atoms with Gasteiger partial charge in [-0.25, -0.2) is 0 Å². The summed E-state index contributed by atoms with van der Waals surface area (Å²) in [6.45, 7) is 2.18. The molecule has 0 saturated carbocycles. The largest absolute Gasteiger partial charge is 0.375 e. The van der Waals surface area contributed by atoms with Crippen LogP contribution in [-0.4, -0.2) is 23.4 Å². The highest BCUT2D eigenvalue weighted by atomic mass is 16.5. The molecule has 0 amide bonds. The van der Waals surface area contributed by atoms with Gasteiger partial charge >= 0.3 is 0 Å². The summed E-state index contributed by atoms with van der Waals surface area (Å²) >= 11 is 0. The van der Waals surface area contributed by atoms with Crippen molar-refractivity contribution in [2.75, 3.05) is 0 Å². The van der Waals surface area contributed by atoms with E-state index in [2.05, 4.69) is 16.9 Å². The third-order valence-corrected chi connectivity index (χ3v) is 4.20. The van der Waals surface area contributed by atoms with Crippen LogP contribution in [0, 0.1) is 0 Å². The van der Waals surface area contributed by atoms with E-state index in [1.807, 2.05) is 12.3 Å². The zero-order valence-electron chi connectivity index (χ0n) is 11.3. The standard InChI is InChI=1S/C15H20N2O2/c1-2-11-5-6-12(19-11)4-3-10-9-17-14-13(10)7-8-16-15(14)18/h7-12H,2-6H2,1H3,(H,16,18)/t10?,11-,12+/m1/s1. The van der Waals surface area contributed by atoms with Crippen LogP contribution in [0.25, 0.3) is 0 Å². The van der Waals surface area contributed by atoms with Gasteiger partial charge in [0.05, 0.1) is 12.2 Å². The number of rotatable bonds is 4. The Kier molecular flexibility index (Phi) is 3.51. The second kappa shape index (κ2) is 5.29. The summed E-state index contributed by atoms with van der Waals surface area (Å²) in [5, 5.41) is 0. The molecule has 3 heterocycles. The molecule has 0 bridgehead atoms. The van der Waals surface area contributed by atoms with E-state index < -0.39 is 0 Å². The van der Waals surface area contributed by atoms with Crippen LogP contribution < -0.4 is 5.56 Å². The van der Waals surface area contributed by atoms with Gasteiger partial charge in [0.1, 0.15) is 5.69 Å². The Morgan fingerprint density at radius 1 is 1.37 bits per heavy atom. The maximum Gasteiger partial charge on any atom is 0.274 e. The van der Waals surface area contributed by atoms with Crippen LogP contribution in [0.3, 0.4) is 0 Å². The van der Waals surface area contributed by atoms with Gasteiger partial charge in [-0.05, 0) is 43.7 Å². The molecule has 1 aromatic rings. The molecule has 0 aromatic carbocycles. The van der Waals surface area contributed by atoms with Gasteiger partial charge in [-0.2, -0.15) is 0 Å². The molecule has 1 aromatic heterocycles. The van der Waals surface area contributed by atoms with E-state index in [1.165, 1.54) is 12.8 Å². The molecule has 2 aliphatic heterocycles. The number of fused-ring (bicyclic) bond motifs is 1. The van der Waals surface area contributed by atoms with Crippen LogP contribution in [-0.2, 0) is 4.74 Å². The third kappa shape index (κ3) is 2.50. The molecule has 3 atom stereocenters. The van der Waals surface area contributed by atoms with Crippen molar-refractivity contribution >= 4 is 11.9 Å². The lowest BCUT2D eigenvalue weighted by atomic mass is 9.95. The summed E-state index contributed by atoms with van der Waals surface area (Å²) < 4.78 is 5.97. The first kappa shape index (κ1) is 12.6. The van der Waals surface area contributed by atoms with Gasteiger partial charge < -0.3 is 9.72 Å². The van der Waals surface area contributed by atoms with Gasteiger partial charge in [-0.3, -0.25) is 9.79 Å². The molecule has 0 aliphatic carbocycles. The molecular weight excluding hydrogens is 240 g/mol. The van der Waals surface area contributed by atoms with Crippen molar-refractivity contribution in [3.05, 3.63) is 28.2 Å². The van der Waals surface area contributed by atoms with Gasteiger partial charge in [0, 0.05) is 18.3 Å². The van der Waals surface area contributed by atoms with Gasteiger partial charge in [-0.1, -0.05) is 6.92 Å². The first-order valence-corrected chi connectivity index (χ1v) is 7.19. The lowest BCUT2D eigenvalue weighted by molar-refractivity contribution is 0.0376. The molecule has 0 radical (unpaired) electrons. The summed E-state index contributed by atoms with van der Waals surface area (Å²) in [5.41, 5.74) is 1.57. The minimum absolute atomic E-state index is 0.0839. The normalized spacial score (nSPS) is 28.8. The Labute approximate surface area is 112 Å². The van der Waals surface area contributed by atoms with Crippen LogP contribution in [0.1, 0.15) is 50.5 Å². The third-order valence-electron chi connectivity index (χ3n) is 4.20. The molecule has 2 aliphatic rings. The van der Waals surface area contributed by atoms with Crippen molar-refractivity contribution in [3.63, 3.8) is 0 Å². The van der Waals surface area contributed by atoms with Crippen LogP contribution in [0.15, 0.2) is 22.1 Å². The highest BCUT2D eigenvalue weighted by molar-refractivity contribution is 5.79. The maximum atomic E-state index is 11.6. The fourth-order valence-corrected chi connectivity index (χ4v) is 3.05. The zero-order chi connectivity index (χ0) is 13.2. The van der Waals surface area contributed by atoms with E-state index in [1.54, 1.807) is 6.20 Å². The number of pyridine rings is 1. The molecule has 4 heteroatoms. The maximum absolute atomic E-state index is 11.6. The molecule has 0 spiro atoms. The monoisotopic (exact) mass is 260 g/mol. The summed E-state index contributed by atoms with van der Waals surface area (Å²) in [6.07, 6.45) is 10.0. The van der Waals surface area contributed by atoms with Crippen molar-refractivity contribution in [2.45, 2.75) is 57.2 Å².